The minimum atomic E-state index is -0.174. The van der Waals surface area contributed by atoms with E-state index in [0.717, 1.165) is 55.6 Å². The molecule has 1 amide bonds. The average molecular weight is 463 g/mol. The first kappa shape index (κ1) is 21.8. The number of hydrogen-bond acceptors (Lipinski definition) is 4. The summed E-state index contributed by atoms with van der Waals surface area (Å²) in [5, 5.41) is 0. The largest absolute Gasteiger partial charge is 0.381 e. The van der Waals surface area contributed by atoms with Crippen molar-refractivity contribution in [2.24, 2.45) is 10.8 Å². The Balaban J connectivity index is 1.44. The predicted octanol–water partition coefficient (Wildman–Crippen LogP) is 4.42. The fraction of sp³-hybridized carbons (Fsp3) is 0.593. The number of carbonyl (C=O) groups is 1. The van der Waals surface area contributed by atoms with E-state index in [2.05, 4.69) is 35.6 Å². The van der Waals surface area contributed by atoms with E-state index in [9.17, 15) is 9.59 Å². The van der Waals surface area contributed by atoms with Crippen molar-refractivity contribution in [2.75, 3.05) is 19.8 Å². The number of hydrogen-bond donors (Lipinski definition) is 1. The van der Waals surface area contributed by atoms with Gasteiger partial charge in [0.25, 0.3) is 11.5 Å². The van der Waals surface area contributed by atoms with Crippen LogP contribution in [-0.2, 0) is 4.74 Å². The van der Waals surface area contributed by atoms with Crippen LogP contribution in [0.3, 0.4) is 0 Å². The molecule has 2 atom stereocenters. The van der Waals surface area contributed by atoms with Crippen LogP contribution in [0.1, 0.15) is 80.5 Å². The summed E-state index contributed by atoms with van der Waals surface area (Å²) in [5.74, 6) is 1.26. The van der Waals surface area contributed by atoms with Crippen LogP contribution >= 0.6 is 0 Å². The molecule has 2 aromatic heterocycles. The van der Waals surface area contributed by atoms with Crippen LogP contribution in [0.25, 0.3) is 16.6 Å². The lowest BCUT2D eigenvalue weighted by molar-refractivity contribution is 0.0707. The van der Waals surface area contributed by atoms with Gasteiger partial charge in [0.15, 0.2) is 0 Å². The van der Waals surface area contributed by atoms with Crippen LogP contribution < -0.4 is 5.56 Å². The number of nitrogens with zero attached hydrogens (tertiary/aromatic N) is 3. The Morgan fingerprint density at radius 3 is 2.68 bits per heavy atom. The van der Waals surface area contributed by atoms with Gasteiger partial charge in [-0.3, -0.25) is 14.0 Å². The Kier molecular flexibility index (Phi) is 4.76. The number of H-pyrrole nitrogens is 1. The maximum absolute atomic E-state index is 13.8. The van der Waals surface area contributed by atoms with Crippen molar-refractivity contribution < 1.29 is 9.53 Å². The summed E-state index contributed by atoms with van der Waals surface area (Å²) in [4.78, 5) is 36.5. The van der Waals surface area contributed by atoms with E-state index in [0.29, 0.717) is 29.8 Å². The van der Waals surface area contributed by atoms with Crippen LogP contribution in [-0.4, -0.2) is 51.0 Å². The van der Waals surface area contributed by atoms with E-state index >= 15 is 0 Å². The first-order valence-electron chi connectivity index (χ1n) is 12.6. The maximum Gasteiger partial charge on any atom is 0.274 e. The third kappa shape index (κ3) is 3.39. The number of likely N-dealkylation sites (tertiary alicyclic amines) is 1. The van der Waals surface area contributed by atoms with Gasteiger partial charge in [0.05, 0.1) is 17.2 Å². The second-order valence-corrected chi connectivity index (χ2v) is 12.0. The van der Waals surface area contributed by atoms with E-state index in [1.165, 1.54) is 0 Å². The SMILES string of the molecule is Cc1cc2c(cc1C(=O)N1C[C@]3(C)C[C@H]1CC(C)(C)C3)[nH]c(=O)c1cnc(C3CCOCC3)n12. The van der Waals surface area contributed by atoms with Crippen LogP contribution in [0.15, 0.2) is 23.1 Å². The highest BCUT2D eigenvalue weighted by molar-refractivity contribution is 5.99. The van der Waals surface area contributed by atoms with Gasteiger partial charge in [-0.1, -0.05) is 20.8 Å². The van der Waals surface area contributed by atoms with Crippen LogP contribution in [0.4, 0.5) is 0 Å². The lowest BCUT2D eigenvalue weighted by atomic mass is 9.65. The van der Waals surface area contributed by atoms with Gasteiger partial charge in [-0.25, -0.2) is 4.98 Å². The molecule has 0 radical (unpaired) electrons. The molecule has 2 saturated heterocycles. The van der Waals surface area contributed by atoms with Crippen molar-refractivity contribution >= 4 is 22.5 Å². The first-order chi connectivity index (χ1) is 16.1. The lowest BCUT2D eigenvalue weighted by Crippen LogP contribution is -2.38. The normalized spacial score (nSPS) is 27.1. The van der Waals surface area contributed by atoms with Crippen molar-refractivity contribution in [1.82, 2.24) is 19.3 Å². The second-order valence-electron chi connectivity index (χ2n) is 12.0. The van der Waals surface area contributed by atoms with Crippen molar-refractivity contribution in [3.63, 3.8) is 0 Å². The average Bonchev–Trinajstić information content (AvgIpc) is 3.33. The Morgan fingerprint density at radius 2 is 1.91 bits per heavy atom. The van der Waals surface area contributed by atoms with Crippen molar-refractivity contribution in [3.05, 3.63) is 45.6 Å². The lowest BCUT2D eigenvalue weighted by Gasteiger charge is -2.39. The summed E-state index contributed by atoms with van der Waals surface area (Å²) in [6.45, 7) is 11.2. The molecule has 1 saturated carbocycles. The molecule has 3 aromatic rings. The molecule has 1 N–H and O–H groups in total. The summed E-state index contributed by atoms with van der Waals surface area (Å²) in [7, 11) is 0. The van der Waals surface area contributed by atoms with Crippen molar-refractivity contribution in [1.29, 1.82) is 0 Å². The number of ether oxygens (including phenoxy) is 1. The molecule has 3 fully saturated rings. The minimum absolute atomic E-state index is 0.0852. The number of fused-ring (bicyclic) bond motifs is 5. The highest BCUT2D eigenvalue weighted by atomic mass is 16.5. The summed E-state index contributed by atoms with van der Waals surface area (Å²) >= 11 is 0. The van der Waals surface area contributed by atoms with Crippen molar-refractivity contribution in [3.8, 4) is 0 Å². The molecule has 7 nitrogen and oxygen atoms in total. The third-order valence-corrected chi connectivity index (χ3v) is 8.35. The summed E-state index contributed by atoms with van der Waals surface area (Å²) in [6.07, 6.45) is 6.74. The van der Waals surface area contributed by atoms with Gasteiger partial charge in [0.2, 0.25) is 0 Å². The molecule has 7 heteroatoms. The van der Waals surface area contributed by atoms with E-state index in [4.69, 9.17) is 4.74 Å². The molecule has 6 rings (SSSR count). The third-order valence-electron chi connectivity index (χ3n) is 8.35. The number of rotatable bonds is 2. The number of carbonyl (C=O) groups excluding carboxylic acids is 1. The molecular weight excluding hydrogens is 428 g/mol. The Hall–Kier alpha value is -2.67. The molecular formula is C27H34N4O3. The second kappa shape index (κ2) is 7.41. The molecule has 0 spiro atoms. The number of imidazole rings is 1. The summed E-state index contributed by atoms with van der Waals surface area (Å²) in [6, 6.07) is 4.22. The maximum atomic E-state index is 13.8. The van der Waals surface area contributed by atoms with Crippen LogP contribution in [0.2, 0.25) is 0 Å². The molecule has 1 aliphatic carbocycles. The zero-order chi connectivity index (χ0) is 23.8. The predicted molar refractivity (Wildman–Crippen MR) is 131 cm³/mol. The fourth-order valence-corrected chi connectivity index (χ4v) is 7.27. The molecule has 4 heterocycles. The molecule has 0 unspecified atom stereocenters. The zero-order valence-electron chi connectivity index (χ0n) is 20.6. The monoisotopic (exact) mass is 462 g/mol. The van der Waals surface area contributed by atoms with E-state index < -0.39 is 0 Å². The Morgan fingerprint density at radius 1 is 1.15 bits per heavy atom. The number of amides is 1. The number of aryl methyl sites for hydroxylation is 1. The molecule has 180 valence electrons. The van der Waals surface area contributed by atoms with Gasteiger partial charge in [0, 0.05) is 37.3 Å². The summed E-state index contributed by atoms with van der Waals surface area (Å²) < 4.78 is 7.53. The number of benzene rings is 1. The van der Waals surface area contributed by atoms with E-state index in [1.54, 1.807) is 6.20 Å². The minimum Gasteiger partial charge on any atom is -0.381 e. The van der Waals surface area contributed by atoms with Crippen molar-refractivity contribution in [2.45, 2.75) is 71.8 Å². The topological polar surface area (TPSA) is 79.7 Å². The van der Waals surface area contributed by atoms with Gasteiger partial charge in [0.1, 0.15) is 11.3 Å². The number of aromatic amines is 1. The van der Waals surface area contributed by atoms with Gasteiger partial charge in [-0.05, 0) is 67.6 Å². The van der Waals surface area contributed by atoms with E-state index in [1.807, 2.05) is 23.5 Å². The smallest absolute Gasteiger partial charge is 0.274 e. The highest BCUT2D eigenvalue weighted by Gasteiger charge is 2.51. The quantitative estimate of drug-likeness (QED) is 0.611. The number of nitrogens with one attached hydrogen (secondary N) is 1. The molecule has 2 bridgehead atoms. The molecule has 1 aromatic carbocycles. The van der Waals surface area contributed by atoms with Gasteiger partial charge in [-0.15, -0.1) is 0 Å². The molecule has 3 aliphatic rings. The van der Waals surface area contributed by atoms with Crippen LogP contribution in [0, 0.1) is 17.8 Å². The highest BCUT2D eigenvalue weighted by Crippen LogP contribution is 2.52. The molecule has 34 heavy (non-hydrogen) atoms. The summed E-state index contributed by atoms with van der Waals surface area (Å²) in [5.41, 5.74) is 4.02. The van der Waals surface area contributed by atoms with Crippen LogP contribution in [0.5, 0.6) is 0 Å². The standard InChI is InChI=1S/C27H34N4O3/c1-16-9-21-20(29-24(32)22-13-28-23(31(21)22)17-5-7-34-8-6-17)10-19(16)25(33)30-15-27(4)12-18(30)11-26(2,3)14-27/h9-10,13,17-18H,5-8,11-12,14-15H2,1-4H3,(H,29,32)/t18-,27-/m1/s1. The van der Waals surface area contributed by atoms with E-state index in [-0.39, 0.29) is 34.3 Å². The van der Waals surface area contributed by atoms with Gasteiger partial charge >= 0.3 is 0 Å². The molecule has 2 aliphatic heterocycles. The zero-order valence-corrected chi connectivity index (χ0v) is 20.6. The number of aromatic nitrogens is 3. The first-order valence-corrected chi connectivity index (χ1v) is 12.6. The van der Waals surface area contributed by atoms with Gasteiger partial charge < -0.3 is 14.6 Å². The van der Waals surface area contributed by atoms with Gasteiger partial charge in [-0.2, -0.15) is 0 Å². The Labute approximate surface area is 199 Å². The Bertz CT molecular complexity index is 1360. The fourth-order valence-electron chi connectivity index (χ4n) is 7.27.